The second kappa shape index (κ2) is 4.75. The van der Waals surface area contributed by atoms with E-state index in [2.05, 4.69) is 4.72 Å². The van der Waals surface area contributed by atoms with E-state index in [9.17, 15) is 13.2 Å². The van der Waals surface area contributed by atoms with Crippen LogP contribution < -0.4 is 10.5 Å². The lowest BCUT2D eigenvalue weighted by Gasteiger charge is -2.10. The van der Waals surface area contributed by atoms with Crippen LogP contribution in [0.3, 0.4) is 0 Å². The lowest BCUT2D eigenvalue weighted by Crippen LogP contribution is -2.32. The van der Waals surface area contributed by atoms with Crippen molar-refractivity contribution < 1.29 is 13.2 Å². The summed E-state index contributed by atoms with van der Waals surface area (Å²) < 4.78 is 26.6. The van der Waals surface area contributed by atoms with Crippen LogP contribution in [0.1, 0.15) is 35.4 Å². The first-order valence-corrected chi connectivity index (χ1v) is 7.76. The van der Waals surface area contributed by atoms with Crippen LogP contribution in [0.4, 0.5) is 0 Å². The summed E-state index contributed by atoms with van der Waals surface area (Å²) >= 11 is 1.05. The summed E-state index contributed by atoms with van der Waals surface area (Å²) in [6.07, 6.45) is 3.88. The number of carbonyl (C=O) groups is 1. The summed E-state index contributed by atoms with van der Waals surface area (Å²) in [6.45, 7) is 0. The number of amides is 1. The van der Waals surface area contributed by atoms with Gasteiger partial charge in [-0.25, -0.2) is 13.1 Å². The van der Waals surface area contributed by atoms with Gasteiger partial charge >= 0.3 is 0 Å². The van der Waals surface area contributed by atoms with Crippen LogP contribution in [0, 0.1) is 0 Å². The fourth-order valence-corrected chi connectivity index (χ4v) is 4.35. The Labute approximate surface area is 104 Å². The van der Waals surface area contributed by atoms with Crippen molar-refractivity contribution in [1.29, 1.82) is 0 Å². The number of hydrogen-bond donors (Lipinski definition) is 2. The molecule has 1 fully saturated rings. The average Bonchev–Trinajstić information content (AvgIpc) is 2.84. The van der Waals surface area contributed by atoms with Gasteiger partial charge in [0.25, 0.3) is 5.91 Å². The maximum Gasteiger partial charge on any atom is 0.258 e. The molecule has 1 aliphatic rings. The zero-order valence-corrected chi connectivity index (χ0v) is 10.8. The minimum absolute atomic E-state index is 0.0249. The molecule has 17 heavy (non-hydrogen) atoms. The Balaban J connectivity index is 2.15. The van der Waals surface area contributed by atoms with Gasteiger partial charge in [-0.05, 0) is 18.9 Å². The molecule has 2 rings (SSSR count). The van der Waals surface area contributed by atoms with Gasteiger partial charge in [0.1, 0.15) is 0 Å². The van der Waals surface area contributed by atoms with Crippen molar-refractivity contribution in [1.82, 2.24) is 4.72 Å². The molecule has 0 bridgehead atoms. The van der Waals surface area contributed by atoms with Crippen LogP contribution in [0.15, 0.2) is 16.3 Å². The van der Waals surface area contributed by atoms with Gasteiger partial charge in [-0.15, -0.1) is 11.3 Å². The molecule has 0 radical (unpaired) electrons. The predicted octanol–water partition coefficient (Wildman–Crippen LogP) is 1.07. The Morgan fingerprint density at radius 2 is 2.06 bits per heavy atom. The van der Waals surface area contributed by atoms with Gasteiger partial charge in [-0.1, -0.05) is 12.8 Å². The first-order chi connectivity index (χ1) is 7.99. The van der Waals surface area contributed by atoms with E-state index in [4.69, 9.17) is 5.73 Å². The van der Waals surface area contributed by atoms with Crippen LogP contribution in [0.25, 0.3) is 0 Å². The first kappa shape index (κ1) is 12.5. The highest BCUT2D eigenvalue weighted by atomic mass is 32.2. The van der Waals surface area contributed by atoms with Gasteiger partial charge in [0, 0.05) is 11.4 Å². The Hall–Kier alpha value is -0.920. The van der Waals surface area contributed by atoms with Crippen molar-refractivity contribution in [2.24, 2.45) is 5.73 Å². The topological polar surface area (TPSA) is 89.3 Å². The minimum Gasteiger partial charge on any atom is -0.365 e. The van der Waals surface area contributed by atoms with E-state index in [-0.39, 0.29) is 15.8 Å². The molecule has 0 aromatic carbocycles. The quantitative estimate of drug-likeness (QED) is 0.860. The zero-order chi connectivity index (χ0) is 12.5. The molecular formula is C10H14N2O3S2. The summed E-state index contributed by atoms with van der Waals surface area (Å²) in [7, 11) is -3.50. The van der Waals surface area contributed by atoms with E-state index in [0.29, 0.717) is 0 Å². The van der Waals surface area contributed by atoms with Crippen molar-refractivity contribution in [2.45, 2.75) is 36.6 Å². The molecule has 7 heteroatoms. The van der Waals surface area contributed by atoms with Crippen molar-refractivity contribution in [3.05, 3.63) is 16.3 Å². The predicted molar refractivity (Wildman–Crippen MR) is 65.4 cm³/mol. The Kier molecular flexibility index (Phi) is 3.50. The molecule has 1 heterocycles. The third-order valence-electron chi connectivity index (χ3n) is 2.81. The molecule has 1 aromatic rings. The smallest absolute Gasteiger partial charge is 0.258 e. The van der Waals surface area contributed by atoms with Gasteiger partial charge in [-0.2, -0.15) is 0 Å². The van der Waals surface area contributed by atoms with E-state index in [1.165, 1.54) is 11.4 Å². The van der Waals surface area contributed by atoms with Gasteiger partial charge in [0.05, 0.1) is 9.77 Å². The number of hydrogen-bond acceptors (Lipinski definition) is 4. The van der Waals surface area contributed by atoms with Gasteiger partial charge in [-0.3, -0.25) is 4.79 Å². The third-order valence-corrected chi connectivity index (χ3v) is 5.40. The molecule has 0 saturated heterocycles. The molecule has 3 N–H and O–H groups in total. The second-order valence-corrected chi connectivity index (χ2v) is 6.74. The van der Waals surface area contributed by atoms with Crippen LogP contribution in [-0.2, 0) is 10.0 Å². The number of sulfonamides is 1. The van der Waals surface area contributed by atoms with Crippen molar-refractivity contribution in [3.63, 3.8) is 0 Å². The van der Waals surface area contributed by atoms with Crippen LogP contribution in [0.2, 0.25) is 0 Å². The summed E-state index contributed by atoms with van der Waals surface area (Å²) in [5.41, 5.74) is 5.09. The number of thiophene rings is 1. The molecule has 5 nitrogen and oxygen atoms in total. The molecule has 0 unspecified atom stereocenters. The second-order valence-electron chi connectivity index (χ2n) is 4.11. The molecule has 1 saturated carbocycles. The Bertz CT molecular complexity index is 515. The van der Waals surface area contributed by atoms with Crippen molar-refractivity contribution in [3.8, 4) is 0 Å². The molecule has 1 aromatic heterocycles. The maximum atomic E-state index is 12.0. The largest absolute Gasteiger partial charge is 0.365 e. The number of primary amides is 1. The normalized spacial score (nSPS) is 17.4. The number of rotatable bonds is 4. The van der Waals surface area contributed by atoms with E-state index in [1.807, 2.05) is 0 Å². The fourth-order valence-electron chi connectivity index (χ4n) is 1.92. The number of nitrogens with two attached hydrogens (primary N) is 1. The SMILES string of the molecule is NC(=O)c1cc(S(=O)(=O)NC2CCCC2)cs1. The highest BCUT2D eigenvalue weighted by molar-refractivity contribution is 7.89. The highest BCUT2D eigenvalue weighted by Crippen LogP contribution is 2.23. The molecular weight excluding hydrogens is 260 g/mol. The van der Waals surface area contributed by atoms with E-state index >= 15 is 0 Å². The summed E-state index contributed by atoms with van der Waals surface area (Å²) in [4.78, 5) is 11.3. The number of nitrogens with one attached hydrogen (secondary N) is 1. The summed E-state index contributed by atoms with van der Waals surface area (Å²) in [6, 6.07) is 1.35. The third kappa shape index (κ3) is 2.85. The van der Waals surface area contributed by atoms with Crippen LogP contribution >= 0.6 is 11.3 Å². The Morgan fingerprint density at radius 3 is 2.59 bits per heavy atom. The number of carbonyl (C=O) groups excluding carboxylic acids is 1. The van der Waals surface area contributed by atoms with E-state index in [0.717, 1.165) is 37.0 Å². The molecule has 0 aliphatic heterocycles. The molecule has 94 valence electrons. The maximum absolute atomic E-state index is 12.0. The molecule has 1 aliphatic carbocycles. The summed E-state index contributed by atoms with van der Waals surface area (Å²) in [5.74, 6) is -0.600. The minimum atomic E-state index is -3.50. The van der Waals surface area contributed by atoms with E-state index in [1.54, 1.807) is 0 Å². The lowest BCUT2D eigenvalue weighted by atomic mass is 10.3. The first-order valence-electron chi connectivity index (χ1n) is 5.40. The molecule has 1 amide bonds. The van der Waals surface area contributed by atoms with Gasteiger partial charge in [0.15, 0.2) is 0 Å². The average molecular weight is 274 g/mol. The zero-order valence-electron chi connectivity index (χ0n) is 9.18. The van der Waals surface area contributed by atoms with Gasteiger partial charge < -0.3 is 5.73 Å². The van der Waals surface area contributed by atoms with Gasteiger partial charge in [0.2, 0.25) is 10.0 Å². The van der Waals surface area contributed by atoms with Crippen molar-refractivity contribution in [2.75, 3.05) is 0 Å². The Morgan fingerprint density at radius 1 is 1.41 bits per heavy atom. The highest BCUT2D eigenvalue weighted by Gasteiger charge is 2.24. The van der Waals surface area contributed by atoms with E-state index < -0.39 is 15.9 Å². The van der Waals surface area contributed by atoms with Crippen LogP contribution in [0.5, 0.6) is 0 Å². The standard InChI is InChI=1S/C10H14N2O3S2/c11-10(13)9-5-8(6-16-9)17(14,15)12-7-3-1-2-4-7/h5-7,12H,1-4H2,(H2,11,13). The fraction of sp³-hybridized carbons (Fsp3) is 0.500. The summed E-state index contributed by atoms with van der Waals surface area (Å²) in [5, 5.41) is 1.44. The molecule has 0 atom stereocenters. The monoisotopic (exact) mass is 274 g/mol. The van der Waals surface area contributed by atoms with Crippen LogP contribution in [-0.4, -0.2) is 20.4 Å². The molecule has 0 spiro atoms. The van der Waals surface area contributed by atoms with Crippen molar-refractivity contribution >= 4 is 27.3 Å². The lowest BCUT2D eigenvalue weighted by molar-refractivity contribution is 0.100.